The third-order valence-corrected chi connectivity index (χ3v) is 3.47. The first-order valence-electron chi connectivity index (χ1n) is 5.83. The highest BCUT2D eigenvalue weighted by molar-refractivity contribution is 6.31. The summed E-state index contributed by atoms with van der Waals surface area (Å²) in [6.45, 7) is 3.70. The summed E-state index contributed by atoms with van der Waals surface area (Å²) in [5, 5.41) is 3.32. The number of hydrogen-bond acceptors (Lipinski definition) is 2. The second kappa shape index (κ2) is 4.61. The first kappa shape index (κ1) is 12.9. The summed E-state index contributed by atoms with van der Waals surface area (Å²) in [6.07, 6.45) is 0.578. The molecule has 2 rings (SSSR count). The molecule has 0 aromatic heterocycles. The van der Waals surface area contributed by atoms with Gasteiger partial charge >= 0.3 is 0 Å². The highest BCUT2D eigenvalue weighted by Gasteiger charge is 2.32. The van der Waals surface area contributed by atoms with E-state index < -0.39 is 6.04 Å². The molecule has 1 aromatic rings. The Morgan fingerprint density at radius 3 is 2.67 bits per heavy atom. The Bertz CT molecular complexity index is 528. The maximum absolute atomic E-state index is 12.3. The van der Waals surface area contributed by atoms with Gasteiger partial charge in [0.1, 0.15) is 6.04 Å². The first-order chi connectivity index (χ1) is 8.45. The lowest BCUT2D eigenvalue weighted by atomic mass is 10.1. The zero-order valence-electron chi connectivity index (χ0n) is 10.6. The van der Waals surface area contributed by atoms with Gasteiger partial charge in [0.05, 0.1) is 11.3 Å². The first-order valence-corrected chi connectivity index (χ1v) is 6.21. The zero-order chi connectivity index (χ0) is 13.4. The lowest BCUT2D eigenvalue weighted by Crippen LogP contribution is -2.42. The van der Waals surface area contributed by atoms with Gasteiger partial charge in [-0.15, -0.1) is 0 Å². The van der Waals surface area contributed by atoms with Crippen molar-refractivity contribution in [2.45, 2.75) is 26.3 Å². The molecule has 0 saturated heterocycles. The van der Waals surface area contributed by atoms with E-state index in [1.54, 1.807) is 19.2 Å². The Kier molecular flexibility index (Phi) is 3.30. The number of rotatable bonds is 1. The number of fused-ring (bicyclic) bond motifs is 1. The van der Waals surface area contributed by atoms with Crippen LogP contribution in [0.3, 0.4) is 0 Å². The Labute approximate surface area is 111 Å². The van der Waals surface area contributed by atoms with E-state index in [1.165, 1.54) is 4.90 Å². The van der Waals surface area contributed by atoms with Crippen molar-refractivity contribution >= 4 is 29.1 Å². The fourth-order valence-corrected chi connectivity index (χ4v) is 2.52. The molecule has 0 spiro atoms. The molecule has 1 heterocycles. The number of likely N-dealkylation sites (N-methyl/N-ethyl adjacent to an activating group) is 1. The van der Waals surface area contributed by atoms with Gasteiger partial charge < -0.3 is 10.2 Å². The molecule has 96 valence electrons. The van der Waals surface area contributed by atoms with Crippen LogP contribution < -0.4 is 5.32 Å². The molecule has 1 aromatic carbocycles. The van der Waals surface area contributed by atoms with Crippen molar-refractivity contribution in [3.8, 4) is 0 Å². The van der Waals surface area contributed by atoms with Crippen molar-refractivity contribution in [2.24, 2.45) is 0 Å². The van der Waals surface area contributed by atoms with Crippen LogP contribution in [-0.2, 0) is 4.79 Å². The predicted octanol–water partition coefficient (Wildman–Crippen LogP) is 2.45. The number of amides is 2. The van der Waals surface area contributed by atoms with Crippen molar-refractivity contribution in [3.05, 3.63) is 28.3 Å². The van der Waals surface area contributed by atoms with E-state index in [0.717, 1.165) is 5.56 Å². The van der Waals surface area contributed by atoms with Crippen LogP contribution in [0.4, 0.5) is 5.69 Å². The summed E-state index contributed by atoms with van der Waals surface area (Å²) in [5.41, 5.74) is 1.81. The minimum absolute atomic E-state index is 0.155. The zero-order valence-corrected chi connectivity index (χ0v) is 11.3. The van der Waals surface area contributed by atoms with Gasteiger partial charge in [-0.05, 0) is 31.0 Å². The quantitative estimate of drug-likeness (QED) is 0.849. The standard InChI is InChI=1S/C13H15ClN2O2/c1-4-10-12(17)15-11-7(2)5-8(14)6-9(11)13(18)16(10)3/h5-6,10H,4H2,1-3H3,(H,15,17)/t10-/m1/s1. The summed E-state index contributed by atoms with van der Waals surface area (Å²) in [5.74, 6) is -0.335. The fraction of sp³-hybridized carbons (Fsp3) is 0.385. The van der Waals surface area contributed by atoms with E-state index in [0.29, 0.717) is 22.7 Å². The third-order valence-electron chi connectivity index (χ3n) is 3.26. The van der Waals surface area contributed by atoms with Crippen LogP contribution in [-0.4, -0.2) is 29.8 Å². The summed E-state index contributed by atoms with van der Waals surface area (Å²) >= 11 is 5.97. The van der Waals surface area contributed by atoms with Gasteiger partial charge in [-0.2, -0.15) is 0 Å². The molecule has 0 aliphatic carbocycles. The van der Waals surface area contributed by atoms with E-state index in [1.807, 2.05) is 13.8 Å². The maximum Gasteiger partial charge on any atom is 0.256 e. The minimum atomic E-state index is -0.442. The van der Waals surface area contributed by atoms with Crippen molar-refractivity contribution in [1.29, 1.82) is 0 Å². The highest BCUT2D eigenvalue weighted by atomic mass is 35.5. The summed E-state index contributed by atoms with van der Waals surface area (Å²) < 4.78 is 0. The Hall–Kier alpha value is -1.55. The molecule has 18 heavy (non-hydrogen) atoms. The van der Waals surface area contributed by atoms with Gasteiger partial charge in [0.15, 0.2) is 0 Å². The number of nitrogens with zero attached hydrogens (tertiary/aromatic N) is 1. The molecule has 0 fully saturated rings. The van der Waals surface area contributed by atoms with E-state index in [2.05, 4.69) is 5.32 Å². The average molecular weight is 267 g/mol. The van der Waals surface area contributed by atoms with E-state index in [-0.39, 0.29) is 11.8 Å². The summed E-state index contributed by atoms with van der Waals surface area (Å²) in [6, 6.07) is 2.89. The molecule has 0 saturated carbocycles. The van der Waals surface area contributed by atoms with E-state index in [4.69, 9.17) is 11.6 Å². The SMILES string of the molecule is CC[C@@H]1C(=O)Nc2c(C)cc(Cl)cc2C(=O)N1C. The molecule has 1 N–H and O–H groups in total. The number of carbonyl (C=O) groups is 2. The van der Waals surface area contributed by atoms with Crippen LogP contribution in [0.25, 0.3) is 0 Å². The van der Waals surface area contributed by atoms with Gasteiger partial charge in [-0.1, -0.05) is 18.5 Å². The molecule has 1 aliphatic rings. The molecule has 5 heteroatoms. The third kappa shape index (κ3) is 1.97. The van der Waals surface area contributed by atoms with Gasteiger partial charge in [-0.25, -0.2) is 0 Å². The van der Waals surface area contributed by atoms with Crippen LogP contribution in [0.1, 0.15) is 29.3 Å². The van der Waals surface area contributed by atoms with Crippen molar-refractivity contribution in [3.63, 3.8) is 0 Å². The van der Waals surface area contributed by atoms with Gasteiger partial charge in [0.2, 0.25) is 5.91 Å². The second-order valence-electron chi connectivity index (χ2n) is 4.47. The average Bonchev–Trinajstić information content (AvgIpc) is 2.39. The van der Waals surface area contributed by atoms with Crippen molar-refractivity contribution in [1.82, 2.24) is 4.90 Å². The van der Waals surface area contributed by atoms with Crippen LogP contribution in [0, 0.1) is 6.92 Å². The Morgan fingerprint density at radius 2 is 2.06 bits per heavy atom. The maximum atomic E-state index is 12.3. The molecular formula is C13H15ClN2O2. The van der Waals surface area contributed by atoms with Crippen LogP contribution in [0.5, 0.6) is 0 Å². The lowest BCUT2D eigenvalue weighted by Gasteiger charge is -2.22. The van der Waals surface area contributed by atoms with Crippen LogP contribution >= 0.6 is 11.6 Å². The van der Waals surface area contributed by atoms with E-state index >= 15 is 0 Å². The molecule has 0 radical (unpaired) electrons. The molecule has 1 aliphatic heterocycles. The predicted molar refractivity (Wildman–Crippen MR) is 71.0 cm³/mol. The van der Waals surface area contributed by atoms with Crippen molar-refractivity contribution < 1.29 is 9.59 Å². The lowest BCUT2D eigenvalue weighted by molar-refractivity contribution is -0.120. The van der Waals surface area contributed by atoms with Crippen LogP contribution in [0.15, 0.2) is 12.1 Å². The smallest absolute Gasteiger partial charge is 0.256 e. The Balaban J connectivity index is 2.60. The topological polar surface area (TPSA) is 49.4 Å². The normalized spacial score (nSPS) is 19.3. The molecule has 1 atom stereocenters. The monoisotopic (exact) mass is 266 g/mol. The minimum Gasteiger partial charge on any atom is -0.330 e. The summed E-state index contributed by atoms with van der Waals surface area (Å²) in [4.78, 5) is 25.9. The molecular weight excluding hydrogens is 252 g/mol. The second-order valence-corrected chi connectivity index (χ2v) is 4.91. The van der Waals surface area contributed by atoms with Crippen LogP contribution in [0.2, 0.25) is 5.02 Å². The largest absolute Gasteiger partial charge is 0.330 e. The molecule has 2 amide bonds. The number of benzene rings is 1. The molecule has 0 unspecified atom stereocenters. The number of nitrogens with one attached hydrogen (secondary N) is 1. The highest BCUT2D eigenvalue weighted by Crippen LogP contribution is 2.29. The number of hydrogen-bond donors (Lipinski definition) is 1. The van der Waals surface area contributed by atoms with Crippen molar-refractivity contribution in [2.75, 3.05) is 12.4 Å². The number of aryl methyl sites for hydroxylation is 1. The molecule has 0 bridgehead atoms. The van der Waals surface area contributed by atoms with Gasteiger partial charge in [-0.3, -0.25) is 9.59 Å². The van der Waals surface area contributed by atoms with Gasteiger partial charge in [0.25, 0.3) is 5.91 Å². The number of carbonyl (C=O) groups excluding carboxylic acids is 2. The fourth-order valence-electron chi connectivity index (χ4n) is 2.25. The van der Waals surface area contributed by atoms with Gasteiger partial charge in [0, 0.05) is 12.1 Å². The summed E-state index contributed by atoms with van der Waals surface area (Å²) in [7, 11) is 1.64. The number of halogens is 1. The number of anilines is 1. The Morgan fingerprint density at radius 1 is 1.39 bits per heavy atom. The van der Waals surface area contributed by atoms with E-state index in [9.17, 15) is 9.59 Å². The molecule has 4 nitrogen and oxygen atoms in total.